The van der Waals surface area contributed by atoms with E-state index in [1.165, 1.54) is 11.3 Å². The quantitative estimate of drug-likeness (QED) is 0.371. The predicted octanol–water partition coefficient (Wildman–Crippen LogP) is 3.98. The first-order valence-corrected chi connectivity index (χ1v) is 13.3. The van der Waals surface area contributed by atoms with Crippen LogP contribution in [0.25, 0.3) is 6.08 Å². The maximum Gasteiger partial charge on any atom is 0.338 e. The van der Waals surface area contributed by atoms with Crippen LogP contribution in [0.15, 0.2) is 61.9 Å². The maximum absolute atomic E-state index is 13.8. The number of thiazole rings is 1. The zero-order chi connectivity index (χ0) is 26.7. The number of nitrogens with zero attached hydrogens (tertiary/aromatic N) is 2. The fraction of sp³-hybridized carbons (Fsp3) is 0.296. The van der Waals surface area contributed by atoms with Crippen LogP contribution in [-0.4, -0.2) is 38.0 Å². The molecule has 1 aliphatic rings. The van der Waals surface area contributed by atoms with Crippen molar-refractivity contribution in [2.75, 3.05) is 27.4 Å². The van der Waals surface area contributed by atoms with Gasteiger partial charge < -0.3 is 18.9 Å². The van der Waals surface area contributed by atoms with Crippen LogP contribution in [0.3, 0.4) is 0 Å². The van der Waals surface area contributed by atoms with E-state index in [2.05, 4.69) is 20.9 Å². The summed E-state index contributed by atoms with van der Waals surface area (Å²) in [7, 11) is 3.14. The molecule has 2 aromatic carbocycles. The number of aromatic nitrogens is 1. The van der Waals surface area contributed by atoms with Gasteiger partial charge in [-0.1, -0.05) is 39.4 Å². The average Bonchev–Trinajstić information content (AvgIpc) is 3.19. The van der Waals surface area contributed by atoms with Crippen molar-refractivity contribution >= 4 is 39.3 Å². The highest BCUT2D eigenvalue weighted by atomic mass is 79.9. The first-order chi connectivity index (χ1) is 17.8. The second-order valence-corrected chi connectivity index (χ2v) is 9.90. The monoisotopic (exact) mass is 586 g/mol. The molecule has 0 bridgehead atoms. The molecule has 0 fully saturated rings. The fourth-order valence-electron chi connectivity index (χ4n) is 4.15. The van der Waals surface area contributed by atoms with E-state index in [4.69, 9.17) is 18.9 Å². The molecule has 0 unspecified atom stereocenters. The topological polar surface area (TPSA) is 88.4 Å². The Balaban J connectivity index is 1.95. The molecule has 4 rings (SSSR count). The predicted molar refractivity (Wildman–Crippen MR) is 145 cm³/mol. The van der Waals surface area contributed by atoms with Crippen LogP contribution in [0, 0.1) is 0 Å². The molecule has 1 atom stereocenters. The van der Waals surface area contributed by atoms with Gasteiger partial charge >= 0.3 is 5.97 Å². The van der Waals surface area contributed by atoms with E-state index >= 15 is 0 Å². The summed E-state index contributed by atoms with van der Waals surface area (Å²) in [4.78, 5) is 32.0. The summed E-state index contributed by atoms with van der Waals surface area (Å²) in [5.41, 5.74) is 2.01. The Kier molecular flexibility index (Phi) is 8.19. The molecular formula is C27H27BrN2O6S. The molecule has 0 N–H and O–H groups in total. The van der Waals surface area contributed by atoms with Crippen LogP contribution in [-0.2, 0) is 9.53 Å². The Bertz CT molecular complexity index is 1560. The number of allylic oxidation sites excluding steroid dienone is 1. The molecule has 0 saturated heterocycles. The molecule has 1 aliphatic heterocycles. The molecule has 10 heteroatoms. The van der Waals surface area contributed by atoms with Gasteiger partial charge in [-0.15, -0.1) is 0 Å². The van der Waals surface area contributed by atoms with Crippen LogP contribution in [0.2, 0.25) is 0 Å². The molecule has 194 valence electrons. The number of rotatable bonds is 8. The summed E-state index contributed by atoms with van der Waals surface area (Å²) in [5, 5.41) is 0. The third kappa shape index (κ3) is 5.21. The van der Waals surface area contributed by atoms with Gasteiger partial charge in [0.15, 0.2) is 16.3 Å². The minimum atomic E-state index is -0.717. The van der Waals surface area contributed by atoms with Gasteiger partial charge in [0.05, 0.1) is 49.3 Å². The van der Waals surface area contributed by atoms with Crippen LogP contribution >= 0.6 is 27.3 Å². The molecule has 37 heavy (non-hydrogen) atoms. The van der Waals surface area contributed by atoms with Crippen molar-refractivity contribution in [1.29, 1.82) is 0 Å². The minimum Gasteiger partial charge on any atom is -0.497 e. The van der Waals surface area contributed by atoms with Gasteiger partial charge in [-0.2, -0.15) is 0 Å². The second kappa shape index (κ2) is 11.4. The SMILES string of the molecule is CCOC(=O)C1=C(C)N=c2s/c(=C/c3cc(OCC)c(OC)cc3Br)c(=O)n2[C@H]1c1cccc(OC)c1. The molecule has 2 heterocycles. The van der Waals surface area contributed by atoms with Crippen LogP contribution < -0.4 is 29.1 Å². The third-order valence-electron chi connectivity index (χ3n) is 5.80. The van der Waals surface area contributed by atoms with Crippen LogP contribution in [0.1, 0.15) is 37.9 Å². The number of fused-ring (bicyclic) bond motifs is 1. The normalized spacial score (nSPS) is 15.2. The highest BCUT2D eigenvalue weighted by Crippen LogP contribution is 2.34. The molecular weight excluding hydrogens is 560 g/mol. The molecule has 0 aliphatic carbocycles. The molecule has 8 nitrogen and oxygen atoms in total. The molecule has 0 amide bonds. The summed E-state index contributed by atoms with van der Waals surface area (Å²) in [6.45, 7) is 6.06. The summed E-state index contributed by atoms with van der Waals surface area (Å²) in [6.07, 6.45) is 1.78. The van der Waals surface area contributed by atoms with Gasteiger partial charge in [0.1, 0.15) is 5.75 Å². The van der Waals surface area contributed by atoms with Crippen molar-refractivity contribution in [3.05, 3.63) is 83.0 Å². The number of methoxy groups -OCH3 is 2. The lowest BCUT2D eigenvalue weighted by molar-refractivity contribution is -0.139. The highest BCUT2D eigenvalue weighted by Gasteiger charge is 2.33. The van der Waals surface area contributed by atoms with E-state index in [0.717, 1.165) is 10.0 Å². The number of ether oxygens (including phenoxy) is 4. The maximum atomic E-state index is 13.8. The summed E-state index contributed by atoms with van der Waals surface area (Å²) < 4.78 is 24.6. The highest BCUT2D eigenvalue weighted by molar-refractivity contribution is 9.10. The Morgan fingerprint density at radius 3 is 2.59 bits per heavy atom. The summed E-state index contributed by atoms with van der Waals surface area (Å²) >= 11 is 4.82. The van der Waals surface area contributed by atoms with Gasteiger partial charge in [-0.05, 0) is 62.2 Å². The van der Waals surface area contributed by atoms with Crippen molar-refractivity contribution in [1.82, 2.24) is 4.57 Å². The van der Waals surface area contributed by atoms with Gasteiger partial charge in [0.25, 0.3) is 5.56 Å². The zero-order valence-corrected chi connectivity index (χ0v) is 23.6. The summed E-state index contributed by atoms with van der Waals surface area (Å²) in [5.74, 6) is 1.26. The van der Waals surface area contributed by atoms with Gasteiger partial charge in [0.2, 0.25) is 0 Å². The van der Waals surface area contributed by atoms with Crippen molar-refractivity contribution in [3.63, 3.8) is 0 Å². The number of hydrogen-bond acceptors (Lipinski definition) is 8. The smallest absolute Gasteiger partial charge is 0.338 e. The van der Waals surface area contributed by atoms with E-state index < -0.39 is 12.0 Å². The Hall–Kier alpha value is -3.37. The van der Waals surface area contributed by atoms with Gasteiger partial charge in [-0.3, -0.25) is 9.36 Å². The Labute approximate surface area is 226 Å². The molecule has 0 spiro atoms. The lowest BCUT2D eigenvalue weighted by Crippen LogP contribution is -2.39. The number of carbonyl (C=O) groups excluding carboxylic acids is 1. The molecule has 1 aromatic heterocycles. The van der Waals surface area contributed by atoms with Gasteiger partial charge in [0, 0.05) is 4.47 Å². The van der Waals surface area contributed by atoms with Crippen molar-refractivity contribution in [2.45, 2.75) is 26.8 Å². The van der Waals surface area contributed by atoms with E-state index in [1.807, 2.05) is 37.3 Å². The molecule has 0 radical (unpaired) electrons. The molecule has 3 aromatic rings. The first kappa shape index (κ1) is 26.7. The second-order valence-electron chi connectivity index (χ2n) is 8.04. The average molecular weight is 587 g/mol. The third-order valence-corrected chi connectivity index (χ3v) is 7.47. The standard InChI is InChI=1S/C27H27BrN2O6S/c1-6-35-21-12-17(19(28)14-20(21)34-5)13-22-25(31)30-24(16-9-8-10-18(11-16)33-4)23(26(32)36-7-2)15(3)29-27(30)37-22/h8-14,24H,6-7H2,1-5H3/b22-13+/t24-/m0/s1. The number of carbonyl (C=O) groups is 1. The summed E-state index contributed by atoms with van der Waals surface area (Å²) in [6, 6.07) is 10.2. The number of benzene rings is 2. The fourth-order valence-corrected chi connectivity index (χ4v) is 5.62. The Morgan fingerprint density at radius 1 is 1.14 bits per heavy atom. The van der Waals surface area contributed by atoms with Crippen molar-refractivity contribution in [2.24, 2.45) is 4.99 Å². The van der Waals surface area contributed by atoms with Crippen LogP contribution in [0.5, 0.6) is 17.2 Å². The van der Waals surface area contributed by atoms with E-state index in [1.54, 1.807) is 44.8 Å². The van der Waals surface area contributed by atoms with Crippen molar-refractivity contribution in [3.8, 4) is 17.2 Å². The van der Waals surface area contributed by atoms with E-state index in [-0.39, 0.29) is 12.2 Å². The van der Waals surface area contributed by atoms with E-state index in [9.17, 15) is 9.59 Å². The largest absolute Gasteiger partial charge is 0.497 e. The zero-order valence-electron chi connectivity index (χ0n) is 21.2. The van der Waals surface area contributed by atoms with E-state index in [0.29, 0.717) is 50.0 Å². The number of halogens is 1. The Morgan fingerprint density at radius 2 is 1.92 bits per heavy atom. The number of esters is 1. The molecule has 0 saturated carbocycles. The number of hydrogen-bond donors (Lipinski definition) is 0. The minimum absolute atomic E-state index is 0.207. The first-order valence-electron chi connectivity index (χ1n) is 11.7. The van der Waals surface area contributed by atoms with Crippen LogP contribution in [0.4, 0.5) is 0 Å². The lowest BCUT2D eigenvalue weighted by atomic mass is 9.95. The van der Waals surface area contributed by atoms with Crippen molar-refractivity contribution < 1.29 is 23.7 Å². The lowest BCUT2D eigenvalue weighted by Gasteiger charge is -2.25. The van der Waals surface area contributed by atoms with Gasteiger partial charge in [-0.25, -0.2) is 9.79 Å².